The van der Waals surface area contributed by atoms with Crippen LogP contribution in [0.2, 0.25) is 0 Å². The molecule has 1 aliphatic rings. The fraction of sp³-hybridized carbons (Fsp3) is 0.308. The summed E-state index contributed by atoms with van der Waals surface area (Å²) in [6.07, 6.45) is -1.23. The van der Waals surface area contributed by atoms with Crippen LogP contribution in [0.3, 0.4) is 0 Å². The minimum absolute atomic E-state index is 0.709. The van der Waals surface area contributed by atoms with Crippen LogP contribution in [0.15, 0.2) is 30.5 Å². The van der Waals surface area contributed by atoms with Crippen molar-refractivity contribution in [2.45, 2.75) is 19.0 Å². The molecule has 0 amide bonds. The van der Waals surface area contributed by atoms with E-state index in [9.17, 15) is 13.2 Å². The van der Waals surface area contributed by atoms with E-state index in [4.69, 9.17) is 0 Å². The number of nitrogens with zero attached hydrogens (tertiary/aromatic N) is 2. The van der Waals surface area contributed by atoms with E-state index in [0.717, 1.165) is 36.7 Å². The number of hydrogen-bond acceptors (Lipinski definition) is 2. The molecule has 2 heterocycles. The lowest BCUT2D eigenvalue weighted by Crippen LogP contribution is -2.15. The van der Waals surface area contributed by atoms with Gasteiger partial charge in [-0.05, 0) is 31.0 Å². The number of anilines is 1. The van der Waals surface area contributed by atoms with Crippen LogP contribution in [0.25, 0.3) is 5.69 Å². The van der Waals surface area contributed by atoms with Gasteiger partial charge in [-0.1, -0.05) is 6.07 Å². The molecule has 0 aliphatic carbocycles. The third-order valence-electron chi connectivity index (χ3n) is 3.20. The maximum Gasteiger partial charge on any atom is 0.435 e. The summed E-state index contributed by atoms with van der Waals surface area (Å²) in [5, 5.41) is 6.87. The second-order valence-corrected chi connectivity index (χ2v) is 4.48. The molecule has 0 radical (unpaired) electrons. The second kappa shape index (κ2) is 4.29. The lowest BCUT2D eigenvalue weighted by atomic mass is 10.0. The quantitative estimate of drug-likeness (QED) is 0.859. The molecule has 0 fully saturated rings. The molecule has 2 aromatic rings. The molecule has 0 atom stereocenters. The Morgan fingerprint density at radius 3 is 2.79 bits per heavy atom. The second-order valence-electron chi connectivity index (χ2n) is 4.48. The van der Waals surface area contributed by atoms with Crippen molar-refractivity contribution in [3.05, 3.63) is 41.7 Å². The summed E-state index contributed by atoms with van der Waals surface area (Å²) in [5.74, 6) is 0. The summed E-state index contributed by atoms with van der Waals surface area (Å²) in [6.45, 7) is 0.892. The topological polar surface area (TPSA) is 29.9 Å². The van der Waals surface area contributed by atoms with Crippen LogP contribution in [0.1, 0.15) is 17.7 Å². The Kier molecular flexibility index (Phi) is 2.73. The van der Waals surface area contributed by atoms with Crippen molar-refractivity contribution in [1.29, 1.82) is 0 Å². The van der Waals surface area contributed by atoms with Crippen LogP contribution in [0.4, 0.5) is 18.9 Å². The summed E-state index contributed by atoms with van der Waals surface area (Å²) in [6, 6.07) is 6.54. The summed E-state index contributed by atoms with van der Waals surface area (Å²) in [5.41, 5.74) is 1.84. The van der Waals surface area contributed by atoms with E-state index in [1.165, 1.54) is 10.9 Å². The zero-order chi connectivity index (χ0) is 13.5. The summed E-state index contributed by atoms with van der Waals surface area (Å²) in [4.78, 5) is 0. The average Bonchev–Trinajstić information content (AvgIpc) is 2.87. The molecule has 19 heavy (non-hydrogen) atoms. The Balaban J connectivity index is 2.05. The molecule has 3 rings (SSSR count). The van der Waals surface area contributed by atoms with Gasteiger partial charge in [0.1, 0.15) is 0 Å². The normalized spacial score (nSPS) is 14.9. The lowest BCUT2D eigenvalue weighted by Gasteiger charge is -2.20. The van der Waals surface area contributed by atoms with Gasteiger partial charge in [0.15, 0.2) is 5.69 Å². The van der Waals surface area contributed by atoms with Crippen molar-refractivity contribution in [2.75, 3.05) is 11.9 Å². The van der Waals surface area contributed by atoms with Gasteiger partial charge < -0.3 is 5.32 Å². The van der Waals surface area contributed by atoms with Crippen LogP contribution in [0, 0.1) is 0 Å². The van der Waals surface area contributed by atoms with Crippen LogP contribution in [-0.2, 0) is 12.6 Å². The molecule has 6 heteroatoms. The van der Waals surface area contributed by atoms with Gasteiger partial charge in [-0.15, -0.1) is 0 Å². The SMILES string of the molecule is FC(F)(F)c1ccn(-c2cccc3c2CCCN3)n1. The molecule has 0 bridgehead atoms. The van der Waals surface area contributed by atoms with Crippen LogP contribution < -0.4 is 5.32 Å². The molecule has 100 valence electrons. The number of rotatable bonds is 1. The lowest BCUT2D eigenvalue weighted by molar-refractivity contribution is -0.141. The highest BCUT2D eigenvalue weighted by Gasteiger charge is 2.33. The Hall–Kier alpha value is -1.98. The van der Waals surface area contributed by atoms with E-state index < -0.39 is 11.9 Å². The Labute approximate surface area is 108 Å². The van der Waals surface area contributed by atoms with Crippen molar-refractivity contribution in [1.82, 2.24) is 9.78 Å². The number of fused-ring (bicyclic) bond motifs is 1. The zero-order valence-electron chi connectivity index (χ0n) is 10.0. The van der Waals surface area contributed by atoms with Crippen LogP contribution >= 0.6 is 0 Å². The summed E-state index contributed by atoms with van der Waals surface area (Å²) >= 11 is 0. The van der Waals surface area contributed by atoms with E-state index in [2.05, 4.69) is 10.4 Å². The number of halogens is 3. The minimum atomic E-state index is -4.40. The van der Waals surface area contributed by atoms with Crippen molar-refractivity contribution in [3.63, 3.8) is 0 Å². The van der Waals surface area contributed by atoms with E-state index in [-0.39, 0.29) is 0 Å². The molecule has 0 saturated carbocycles. The first-order chi connectivity index (χ1) is 9.05. The molecule has 1 aliphatic heterocycles. The van der Waals surface area contributed by atoms with Crippen LogP contribution in [-0.4, -0.2) is 16.3 Å². The van der Waals surface area contributed by atoms with Crippen molar-refractivity contribution >= 4 is 5.69 Å². The van der Waals surface area contributed by atoms with Gasteiger partial charge in [0, 0.05) is 24.0 Å². The third-order valence-corrected chi connectivity index (χ3v) is 3.20. The molecule has 3 nitrogen and oxygen atoms in total. The predicted molar refractivity (Wildman–Crippen MR) is 65.4 cm³/mol. The van der Waals surface area contributed by atoms with Gasteiger partial charge in [-0.3, -0.25) is 0 Å². The molecule has 0 spiro atoms. The van der Waals surface area contributed by atoms with Crippen molar-refractivity contribution in [3.8, 4) is 5.69 Å². The number of aromatic nitrogens is 2. The number of alkyl halides is 3. The summed E-state index contributed by atoms with van der Waals surface area (Å²) in [7, 11) is 0. The van der Waals surface area contributed by atoms with Crippen molar-refractivity contribution in [2.24, 2.45) is 0 Å². The highest BCUT2D eigenvalue weighted by molar-refractivity contribution is 5.61. The first kappa shape index (κ1) is 12.1. The highest BCUT2D eigenvalue weighted by atomic mass is 19.4. The Morgan fingerprint density at radius 2 is 2.05 bits per heavy atom. The molecular weight excluding hydrogens is 255 g/mol. The maximum atomic E-state index is 12.6. The average molecular weight is 267 g/mol. The number of nitrogens with one attached hydrogen (secondary N) is 1. The minimum Gasteiger partial charge on any atom is -0.385 e. The highest BCUT2D eigenvalue weighted by Crippen LogP contribution is 2.30. The maximum absolute atomic E-state index is 12.6. The molecule has 0 saturated heterocycles. The fourth-order valence-electron chi connectivity index (χ4n) is 2.32. The largest absolute Gasteiger partial charge is 0.435 e. The van der Waals surface area contributed by atoms with Gasteiger partial charge in [0.05, 0.1) is 5.69 Å². The molecule has 0 unspecified atom stereocenters. The monoisotopic (exact) mass is 267 g/mol. The van der Waals surface area contributed by atoms with Gasteiger partial charge in [-0.25, -0.2) is 4.68 Å². The van der Waals surface area contributed by atoms with E-state index in [0.29, 0.717) is 5.69 Å². The zero-order valence-corrected chi connectivity index (χ0v) is 10.0. The standard InChI is InChI=1S/C13H12F3N3/c14-13(15,16)12-6-8-19(18-12)11-5-1-4-10-9(11)3-2-7-17-10/h1,4-6,8,17H,2-3,7H2. The third kappa shape index (κ3) is 2.18. The first-order valence-corrected chi connectivity index (χ1v) is 6.05. The smallest absolute Gasteiger partial charge is 0.385 e. The Bertz CT molecular complexity index is 601. The number of benzene rings is 1. The van der Waals surface area contributed by atoms with Gasteiger partial charge in [-0.2, -0.15) is 18.3 Å². The number of hydrogen-bond donors (Lipinski definition) is 1. The van der Waals surface area contributed by atoms with Crippen molar-refractivity contribution < 1.29 is 13.2 Å². The molecular formula is C13H12F3N3. The van der Waals surface area contributed by atoms with Crippen LogP contribution in [0.5, 0.6) is 0 Å². The van der Waals surface area contributed by atoms with E-state index >= 15 is 0 Å². The van der Waals surface area contributed by atoms with E-state index in [1.807, 2.05) is 12.1 Å². The summed E-state index contributed by atoms with van der Waals surface area (Å²) < 4.78 is 39.0. The molecule has 1 N–H and O–H groups in total. The molecule has 1 aromatic carbocycles. The van der Waals surface area contributed by atoms with E-state index in [1.54, 1.807) is 6.07 Å². The Morgan fingerprint density at radius 1 is 1.21 bits per heavy atom. The van der Waals surface area contributed by atoms with Gasteiger partial charge >= 0.3 is 6.18 Å². The fourth-order valence-corrected chi connectivity index (χ4v) is 2.32. The van der Waals surface area contributed by atoms with Gasteiger partial charge in [0.25, 0.3) is 0 Å². The van der Waals surface area contributed by atoms with Gasteiger partial charge in [0.2, 0.25) is 0 Å². The molecule has 1 aromatic heterocycles. The predicted octanol–water partition coefficient (Wildman–Crippen LogP) is 3.25. The first-order valence-electron chi connectivity index (χ1n) is 6.05.